The fourth-order valence-electron chi connectivity index (χ4n) is 3.02. The summed E-state index contributed by atoms with van der Waals surface area (Å²) in [6, 6.07) is 17.3. The van der Waals surface area contributed by atoms with Crippen molar-refractivity contribution in [3.8, 4) is 5.69 Å². The first-order valence-electron chi connectivity index (χ1n) is 9.86. The highest BCUT2D eigenvalue weighted by Gasteiger charge is 2.19. The second-order valence-electron chi connectivity index (χ2n) is 9.27. The molecule has 2 aromatic heterocycles. The van der Waals surface area contributed by atoms with Crippen molar-refractivity contribution in [2.45, 2.75) is 59.8 Å². The molecule has 1 aromatic carbocycles. The van der Waals surface area contributed by atoms with Crippen molar-refractivity contribution in [1.29, 1.82) is 0 Å². The summed E-state index contributed by atoms with van der Waals surface area (Å²) in [7, 11) is 1.78. The molecule has 162 valence electrons. The predicted octanol–water partition coefficient (Wildman–Crippen LogP) is 5.45. The van der Waals surface area contributed by atoms with Gasteiger partial charge >= 0.3 is 0 Å². The highest BCUT2D eigenvalue weighted by Crippen LogP contribution is 2.19. The van der Waals surface area contributed by atoms with Crippen molar-refractivity contribution >= 4 is 0 Å². The Labute approximate surface area is 180 Å². The maximum absolute atomic E-state index is 12.4. The van der Waals surface area contributed by atoms with Crippen LogP contribution >= 0.6 is 0 Å². The lowest BCUT2D eigenvalue weighted by Gasteiger charge is -2.19. The molecule has 0 N–H and O–H groups in total. The molecule has 3 aromatic rings. The third-order valence-corrected chi connectivity index (χ3v) is 4.72. The van der Waals surface area contributed by atoms with Crippen LogP contribution in [0.15, 0.2) is 76.6 Å². The fourth-order valence-corrected chi connectivity index (χ4v) is 3.02. The highest BCUT2D eigenvalue weighted by molar-refractivity contribution is 5.34. The zero-order chi connectivity index (χ0) is 21.8. The molecule has 4 nitrogen and oxygen atoms in total. The Balaban J connectivity index is 0.000000308. The molecule has 0 fully saturated rings. The van der Waals surface area contributed by atoms with E-state index in [4.69, 9.17) is 0 Å². The maximum atomic E-state index is 12.4. The third kappa shape index (κ3) is 6.06. The van der Waals surface area contributed by atoms with Gasteiger partial charge in [0.2, 0.25) is 0 Å². The minimum absolute atomic E-state index is 0. The second kappa shape index (κ2) is 9.75. The molecule has 0 saturated heterocycles. The number of hydrogen-bond acceptors (Lipinski definition) is 2. The Morgan fingerprint density at radius 3 is 1.57 bits per heavy atom. The lowest BCUT2D eigenvalue weighted by molar-refractivity contribution is 0.573. The van der Waals surface area contributed by atoms with Gasteiger partial charge in [-0.2, -0.15) is 0 Å². The van der Waals surface area contributed by atoms with E-state index in [0.717, 1.165) is 16.8 Å². The van der Waals surface area contributed by atoms with E-state index in [-0.39, 0.29) is 29.4 Å². The zero-order valence-electron chi connectivity index (χ0n) is 18.6. The number of nitrogens with zero attached hydrogens (tertiary/aromatic N) is 2. The number of para-hydroxylation sites is 1. The standard InChI is InChI=1S/C15H17NO.C10H15NO.CH4/c1-15(2,3)13-10-7-11-16(14(13)17)12-8-5-4-6-9-12;1-10(2,3)8-6-5-7-11(4)9(8)12;/h4-11H,1-3H3;5-7H,1-4H3;1H4. The maximum Gasteiger partial charge on any atom is 0.258 e. The molecule has 2 heterocycles. The van der Waals surface area contributed by atoms with E-state index in [1.807, 2.05) is 81.6 Å². The summed E-state index contributed by atoms with van der Waals surface area (Å²) in [6.45, 7) is 12.3. The van der Waals surface area contributed by atoms with Crippen LogP contribution in [0.3, 0.4) is 0 Å². The van der Waals surface area contributed by atoms with Gasteiger partial charge in [0.1, 0.15) is 0 Å². The SMILES string of the molecule is C.CC(C)(C)c1cccn(-c2ccccc2)c1=O.Cn1cccc(C(C)(C)C)c1=O. The van der Waals surface area contributed by atoms with Gasteiger partial charge < -0.3 is 4.57 Å². The quantitative estimate of drug-likeness (QED) is 0.537. The summed E-state index contributed by atoms with van der Waals surface area (Å²) >= 11 is 0. The summed E-state index contributed by atoms with van der Waals surface area (Å²) in [6.07, 6.45) is 3.59. The van der Waals surface area contributed by atoms with Crippen molar-refractivity contribution in [2.75, 3.05) is 0 Å². The number of benzene rings is 1. The molecule has 3 rings (SSSR count). The summed E-state index contributed by atoms with van der Waals surface area (Å²) in [5.74, 6) is 0. The molecule has 0 radical (unpaired) electrons. The van der Waals surface area contributed by atoms with Gasteiger partial charge in [0.15, 0.2) is 0 Å². The Morgan fingerprint density at radius 2 is 1.10 bits per heavy atom. The Kier molecular flexibility index (Phi) is 8.17. The van der Waals surface area contributed by atoms with Crippen molar-refractivity contribution in [3.05, 3.63) is 98.8 Å². The number of rotatable bonds is 1. The summed E-state index contributed by atoms with van der Waals surface area (Å²) in [4.78, 5) is 24.0. The molecule has 0 saturated carbocycles. The minimum atomic E-state index is -0.130. The molecule has 0 amide bonds. The van der Waals surface area contributed by atoms with E-state index in [0.29, 0.717) is 0 Å². The number of hydrogen-bond donors (Lipinski definition) is 0. The van der Waals surface area contributed by atoms with Gasteiger partial charge in [0.25, 0.3) is 11.1 Å². The monoisotopic (exact) mass is 408 g/mol. The smallest absolute Gasteiger partial charge is 0.258 e. The third-order valence-electron chi connectivity index (χ3n) is 4.72. The van der Waals surface area contributed by atoms with E-state index < -0.39 is 0 Å². The van der Waals surface area contributed by atoms with Crippen LogP contribution in [0.1, 0.15) is 60.1 Å². The molecule has 0 unspecified atom stereocenters. The van der Waals surface area contributed by atoms with Crippen LogP contribution in [-0.2, 0) is 17.9 Å². The van der Waals surface area contributed by atoms with Crippen LogP contribution in [0.2, 0.25) is 0 Å². The summed E-state index contributed by atoms with van der Waals surface area (Å²) in [5, 5.41) is 0. The molecular formula is C26H36N2O2. The van der Waals surface area contributed by atoms with E-state index in [1.165, 1.54) is 0 Å². The van der Waals surface area contributed by atoms with Crippen molar-refractivity contribution < 1.29 is 0 Å². The van der Waals surface area contributed by atoms with Gasteiger partial charge in [-0.25, -0.2) is 0 Å². The average Bonchev–Trinajstić information content (AvgIpc) is 2.63. The van der Waals surface area contributed by atoms with Gasteiger partial charge in [0.05, 0.1) is 0 Å². The second-order valence-corrected chi connectivity index (χ2v) is 9.27. The van der Waals surface area contributed by atoms with Crippen LogP contribution in [0.25, 0.3) is 5.69 Å². The van der Waals surface area contributed by atoms with Crippen molar-refractivity contribution in [2.24, 2.45) is 7.05 Å². The lowest BCUT2D eigenvalue weighted by Crippen LogP contribution is -2.28. The first kappa shape index (κ1) is 25.2. The number of aromatic nitrogens is 2. The topological polar surface area (TPSA) is 44.0 Å². The van der Waals surface area contributed by atoms with Crippen LogP contribution in [0.5, 0.6) is 0 Å². The van der Waals surface area contributed by atoms with Gasteiger partial charge in [-0.15, -0.1) is 0 Å². The molecule has 30 heavy (non-hydrogen) atoms. The summed E-state index contributed by atoms with van der Waals surface area (Å²) < 4.78 is 3.31. The van der Waals surface area contributed by atoms with Gasteiger partial charge in [-0.3, -0.25) is 14.2 Å². The minimum Gasteiger partial charge on any atom is -0.318 e. The summed E-state index contributed by atoms with van der Waals surface area (Å²) in [5.41, 5.74) is 2.58. The van der Waals surface area contributed by atoms with Crippen LogP contribution in [0.4, 0.5) is 0 Å². The molecule has 0 aliphatic rings. The molecule has 0 atom stereocenters. The van der Waals surface area contributed by atoms with Crippen LogP contribution < -0.4 is 11.1 Å². The van der Waals surface area contributed by atoms with Crippen molar-refractivity contribution in [3.63, 3.8) is 0 Å². The molecule has 0 aliphatic carbocycles. The molecule has 0 aliphatic heterocycles. The van der Waals surface area contributed by atoms with Crippen molar-refractivity contribution in [1.82, 2.24) is 9.13 Å². The molecule has 0 spiro atoms. The Morgan fingerprint density at radius 1 is 0.633 bits per heavy atom. The first-order valence-corrected chi connectivity index (χ1v) is 9.86. The Bertz CT molecular complexity index is 1060. The lowest BCUT2D eigenvalue weighted by atomic mass is 9.88. The van der Waals surface area contributed by atoms with E-state index in [1.54, 1.807) is 22.4 Å². The van der Waals surface area contributed by atoms with Crippen LogP contribution in [-0.4, -0.2) is 9.13 Å². The van der Waals surface area contributed by atoms with E-state index >= 15 is 0 Å². The highest BCUT2D eigenvalue weighted by atomic mass is 16.1. The molecule has 0 bridgehead atoms. The first-order chi connectivity index (χ1) is 13.4. The largest absolute Gasteiger partial charge is 0.318 e. The van der Waals surface area contributed by atoms with Gasteiger partial charge in [-0.05, 0) is 35.1 Å². The normalized spacial score (nSPS) is 11.2. The average molecular weight is 409 g/mol. The molecule has 4 heteroatoms. The Hall–Kier alpha value is -2.88. The fraction of sp³-hybridized carbons (Fsp3) is 0.385. The van der Waals surface area contributed by atoms with E-state index in [2.05, 4.69) is 20.8 Å². The number of pyridine rings is 2. The van der Waals surface area contributed by atoms with Gasteiger partial charge in [0, 0.05) is 36.3 Å². The van der Waals surface area contributed by atoms with Gasteiger partial charge in [-0.1, -0.05) is 79.3 Å². The van der Waals surface area contributed by atoms with E-state index in [9.17, 15) is 9.59 Å². The predicted molar refractivity (Wildman–Crippen MR) is 128 cm³/mol. The molecular weight excluding hydrogens is 372 g/mol. The van der Waals surface area contributed by atoms with Crippen LogP contribution in [0, 0.1) is 0 Å². The number of aryl methyl sites for hydroxylation is 1. The zero-order valence-corrected chi connectivity index (χ0v) is 18.6.